The van der Waals surface area contributed by atoms with Crippen LogP contribution >= 0.6 is 0 Å². The molecular weight excluding hydrogens is 445 g/mol. The summed E-state index contributed by atoms with van der Waals surface area (Å²) in [6, 6.07) is 35.3. The van der Waals surface area contributed by atoms with Gasteiger partial charge in [-0.1, -0.05) is 91.0 Å². The average Bonchev–Trinajstić information content (AvgIpc) is 2.75. The molecule has 8 heteroatoms. The van der Waals surface area contributed by atoms with E-state index in [0.29, 0.717) is 0 Å². The molecule has 0 bridgehead atoms. The first-order chi connectivity index (χ1) is 14.6. The van der Waals surface area contributed by atoms with Gasteiger partial charge in [-0.3, -0.25) is 0 Å². The van der Waals surface area contributed by atoms with Crippen molar-refractivity contribution in [3.8, 4) is 11.1 Å². The van der Waals surface area contributed by atoms with E-state index in [-0.39, 0.29) is 0 Å². The maximum absolute atomic E-state index is 10.7. The molecule has 0 heterocycles. The zero-order valence-corrected chi connectivity index (χ0v) is 17.9. The fourth-order valence-electron chi connectivity index (χ4n) is 2.49. The van der Waals surface area contributed by atoms with Crippen molar-refractivity contribution in [1.29, 1.82) is 0 Å². The highest BCUT2D eigenvalue weighted by Gasteiger charge is 2.36. The Morgan fingerprint density at radius 3 is 1.45 bits per heavy atom. The zero-order chi connectivity index (χ0) is 22.9. The van der Waals surface area contributed by atoms with Gasteiger partial charge in [-0.25, -0.2) is 8.42 Å². The summed E-state index contributed by atoms with van der Waals surface area (Å²) in [7, 11) is -6.09. The molecule has 0 aliphatic rings. The molecule has 4 rings (SSSR count). The van der Waals surface area contributed by atoms with Crippen molar-refractivity contribution in [2.24, 2.45) is 0 Å². The van der Waals surface area contributed by atoms with Crippen LogP contribution in [0.15, 0.2) is 108 Å². The molecule has 0 atom stereocenters. The third-order valence-corrected chi connectivity index (χ3v) is 4.96. The first-order valence-electron chi connectivity index (χ1n) is 8.91. The molecular formula is C23H19F3O3S2. The van der Waals surface area contributed by atoms with Gasteiger partial charge in [0.2, 0.25) is 0 Å². The molecule has 0 saturated carbocycles. The van der Waals surface area contributed by atoms with Gasteiger partial charge in [-0.15, -0.1) is 0 Å². The molecule has 31 heavy (non-hydrogen) atoms. The lowest BCUT2D eigenvalue weighted by Crippen LogP contribution is -2.21. The first kappa shape index (κ1) is 24.5. The third-order valence-electron chi connectivity index (χ3n) is 3.95. The van der Waals surface area contributed by atoms with Crippen LogP contribution in [0.4, 0.5) is 13.2 Å². The van der Waals surface area contributed by atoms with E-state index in [1.54, 1.807) is 0 Å². The van der Waals surface area contributed by atoms with Crippen molar-refractivity contribution in [3.63, 3.8) is 0 Å². The van der Waals surface area contributed by atoms with Crippen LogP contribution in [0.5, 0.6) is 0 Å². The average molecular weight is 465 g/mol. The standard InChI is InChI=1S/C12H10.C10H8S.CHF3O3S/c1-3-7-11(8-4-1)12-9-5-2-6-10-12;11-10-7-3-5-8-4-1-2-6-9(8)10;2-1(3,4)8(5,6)7/h1-10H;1-7,11H;(H,5,6,7). The number of benzene rings is 4. The predicted molar refractivity (Wildman–Crippen MR) is 120 cm³/mol. The van der Waals surface area contributed by atoms with E-state index in [0.717, 1.165) is 4.90 Å². The lowest BCUT2D eigenvalue weighted by Gasteiger charge is -2.08. The Morgan fingerprint density at radius 1 is 0.645 bits per heavy atom. The quantitative estimate of drug-likeness (QED) is 0.209. The number of hydrogen-bond donors (Lipinski definition) is 0. The molecule has 0 unspecified atom stereocenters. The summed E-state index contributed by atoms with van der Waals surface area (Å²) in [4.78, 5) is 1.16. The molecule has 162 valence electrons. The Bertz CT molecular complexity index is 1150. The van der Waals surface area contributed by atoms with Gasteiger partial charge >= 0.3 is 5.51 Å². The second-order valence-electron chi connectivity index (χ2n) is 6.16. The Kier molecular flexibility index (Phi) is 8.67. The van der Waals surface area contributed by atoms with Crippen molar-refractivity contribution >= 4 is 33.5 Å². The highest BCUT2D eigenvalue weighted by atomic mass is 32.2. The van der Waals surface area contributed by atoms with Crippen LogP contribution in [0.1, 0.15) is 0 Å². The van der Waals surface area contributed by atoms with Crippen LogP contribution < -0.4 is 0 Å². The second kappa shape index (κ2) is 11.0. The molecule has 4 aromatic carbocycles. The van der Waals surface area contributed by atoms with E-state index < -0.39 is 15.6 Å². The van der Waals surface area contributed by atoms with E-state index in [4.69, 9.17) is 13.0 Å². The van der Waals surface area contributed by atoms with Crippen LogP contribution in [0.2, 0.25) is 0 Å². The Morgan fingerprint density at radius 2 is 1.03 bits per heavy atom. The van der Waals surface area contributed by atoms with E-state index in [1.165, 1.54) is 21.9 Å². The van der Waals surface area contributed by atoms with Gasteiger partial charge < -0.3 is 4.55 Å². The highest BCUT2D eigenvalue weighted by Crippen LogP contribution is 2.20. The number of fused-ring (bicyclic) bond motifs is 1. The zero-order valence-electron chi connectivity index (χ0n) is 16.1. The lowest BCUT2D eigenvalue weighted by molar-refractivity contribution is -0.0517. The maximum atomic E-state index is 10.7. The molecule has 0 radical (unpaired) electrons. The van der Waals surface area contributed by atoms with E-state index in [2.05, 4.69) is 85.4 Å². The Hall–Kier alpha value is -2.81. The fourth-order valence-corrected chi connectivity index (χ4v) is 2.81. The van der Waals surface area contributed by atoms with E-state index in [9.17, 15) is 13.2 Å². The first-order valence-corrected chi connectivity index (χ1v) is 10.8. The Balaban J connectivity index is 0.000000169. The summed E-state index contributed by atoms with van der Waals surface area (Å²) in [5.74, 6) is 0. The smallest absolute Gasteiger partial charge is 0.485 e. The number of alkyl halides is 3. The molecule has 0 fully saturated rings. The number of rotatable bonds is 1. The summed E-state index contributed by atoms with van der Waals surface area (Å²) >= 11 is 3.55. The second-order valence-corrected chi connectivity index (χ2v) is 8.07. The highest BCUT2D eigenvalue weighted by molar-refractivity contribution is 7.86. The largest absolute Gasteiger partial charge is 0.741 e. The van der Waals surface area contributed by atoms with Crippen LogP contribution in [-0.2, 0) is 22.7 Å². The molecule has 0 amide bonds. The fraction of sp³-hybridized carbons (Fsp3) is 0.0435. The Labute approximate surface area is 184 Å². The topological polar surface area (TPSA) is 57.2 Å². The SMILES string of the molecule is O=S(=O)([O-])C(F)(F)F.[SH2+]c1cccc2ccccc12.c1ccc(-c2ccccc2)cc1. The minimum atomic E-state index is -6.09. The van der Waals surface area contributed by atoms with Crippen molar-refractivity contribution in [3.05, 3.63) is 103 Å². The van der Waals surface area contributed by atoms with Crippen molar-refractivity contribution in [1.82, 2.24) is 0 Å². The molecule has 4 aromatic rings. The van der Waals surface area contributed by atoms with Gasteiger partial charge in [0.05, 0.1) is 0 Å². The summed E-state index contributed by atoms with van der Waals surface area (Å²) < 4.78 is 58.9. The lowest BCUT2D eigenvalue weighted by atomic mass is 10.1. The van der Waals surface area contributed by atoms with Gasteiger partial charge in [-0.05, 0) is 41.3 Å². The summed E-state index contributed by atoms with van der Waals surface area (Å²) in [6.07, 6.45) is 0. The molecule has 0 aliphatic carbocycles. The normalized spacial score (nSPS) is 11.0. The molecule has 0 spiro atoms. The summed E-state index contributed by atoms with van der Waals surface area (Å²) in [5.41, 5.74) is -3.09. The molecule has 3 nitrogen and oxygen atoms in total. The van der Waals surface area contributed by atoms with Gasteiger partial charge in [-0.2, -0.15) is 13.2 Å². The minimum absolute atomic E-state index is 1.16. The molecule has 0 aromatic heterocycles. The van der Waals surface area contributed by atoms with Crippen molar-refractivity contribution in [2.75, 3.05) is 0 Å². The van der Waals surface area contributed by atoms with Crippen molar-refractivity contribution < 1.29 is 26.1 Å². The monoisotopic (exact) mass is 464 g/mol. The van der Waals surface area contributed by atoms with Crippen LogP contribution in [0.3, 0.4) is 0 Å². The summed E-state index contributed by atoms with van der Waals surface area (Å²) in [6.45, 7) is 0. The summed E-state index contributed by atoms with van der Waals surface area (Å²) in [5, 5.41) is 2.55. The van der Waals surface area contributed by atoms with Gasteiger partial charge in [0, 0.05) is 5.39 Å². The van der Waals surface area contributed by atoms with Crippen LogP contribution in [-0.4, -0.2) is 18.5 Å². The van der Waals surface area contributed by atoms with Gasteiger partial charge in [0.15, 0.2) is 15.0 Å². The van der Waals surface area contributed by atoms with E-state index in [1.807, 2.05) is 30.3 Å². The minimum Gasteiger partial charge on any atom is -0.741 e. The number of hydrogen-bond acceptors (Lipinski definition) is 3. The number of halogens is 3. The van der Waals surface area contributed by atoms with Crippen molar-refractivity contribution in [2.45, 2.75) is 10.4 Å². The van der Waals surface area contributed by atoms with Gasteiger partial charge in [0.25, 0.3) is 0 Å². The predicted octanol–water partition coefficient (Wildman–Crippen LogP) is 5.62. The van der Waals surface area contributed by atoms with Crippen LogP contribution in [0, 0.1) is 0 Å². The maximum Gasteiger partial charge on any atom is 0.485 e. The molecule has 0 N–H and O–H groups in total. The molecule has 0 saturated heterocycles. The third kappa shape index (κ3) is 7.75. The van der Waals surface area contributed by atoms with Gasteiger partial charge in [0.1, 0.15) is 0 Å². The van der Waals surface area contributed by atoms with E-state index >= 15 is 0 Å². The molecule has 0 aliphatic heterocycles. The van der Waals surface area contributed by atoms with Crippen LogP contribution in [0.25, 0.3) is 21.9 Å².